The minimum atomic E-state index is -3.32. The molecule has 0 unspecified atom stereocenters. The van der Waals surface area contributed by atoms with Crippen molar-refractivity contribution in [1.82, 2.24) is 14.4 Å². The lowest BCUT2D eigenvalue weighted by Gasteiger charge is -2.16. The second-order valence-corrected chi connectivity index (χ2v) is 9.74. The summed E-state index contributed by atoms with van der Waals surface area (Å²) in [7, 11) is -1.82. The molecule has 3 aromatic heterocycles. The Bertz CT molecular complexity index is 1340. The number of hydrogen-bond acceptors (Lipinski definition) is 6. The van der Waals surface area contributed by atoms with Gasteiger partial charge in [-0.3, -0.25) is 14.4 Å². The van der Waals surface area contributed by atoms with Gasteiger partial charge in [-0.25, -0.2) is 18.4 Å². The molecule has 0 saturated heterocycles. The largest absolute Gasteiger partial charge is 0.306 e. The summed E-state index contributed by atoms with van der Waals surface area (Å²) in [5, 5.41) is 5.07. The quantitative estimate of drug-likeness (QED) is 0.512. The first-order valence-electron chi connectivity index (χ1n) is 8.97. The summed E-state index contributed by atoms with van der Waals surface area (Å²) in [5.74, 6) is -0.331. The molecule has 10 heteroatoms. The number of nitrogens with one attached hydrogen (secondary N) is 1. The standard InChI is InChI=1S/C20H19N5O3S2/c1-13-8-9-25-11-16(21-18(25)10-13)19(26)23-20-22-17(12-29-20)14-4-6-15(7-5-14)24(2)30(3,27)28/h4-12H,1-3H3,(H,22,23,26). The van der Waals surface area contributed by atoms with Crippen LogP contribution in [0.4, 0.5) is 10.8 Å². The highest BCUT2D eigenvalue weighted by Crippen LogP contribution is 2.27. The third kappa shape index (κ3) is 4.05. The van der Waals surface area contributed by atoms with E-state index in [-0.39, 0.29) is 5.91 Å². The number of fused-ring (bicyclic) bond motifs is 1. The van der Waals surface area contributed by atoms with E-state index in [1.165, 1.54) is 22.7 Å². The number of carbonyl (C=O) groups excluding carboxylic acids is 1. The number of imidazole rings is 1. The molecule has 0 aliphatic rings. The second-order valence-electron chi connectivity index (χ2n) is 6.87. The van der Waals surface area contributed by atoms with Crippen LogP contribution in [0.2, 0.25) is 0 Å². The number of rotatable bonds is 5. The number of anilines is 2. The van der Waals surface area contributed by atoms with Crippen LogP contribution in [0.1, 0.15) is 16.1 Å². The fraction of sp³-hybridized carbons (Fsp3) is 0.150. The van der Waals surface area contributed by atoms with E-state index < -0.39 is 10.0 Å². The molecule has 0 atom stereocenters. The van der Waals surface area contributed by atoms with Gasteiger partial charge in [-0.2, -0.15) is 0 Å². The zero-order valence-corrected chi connectivity index (χ0v) is 18.2. The van der Waals surface area contributed by atoms with Gasteiger partial charge < -0.3 is 4.40 Å². The molecule has 0 radical (unpaired) electrons. The van der Waals surface area contributed by atoms with Crippen molar-refractivity contribution in [3.63, 3.8) is 0 Å². The van der Waals surface area contributed by atoms with Gasteiger partial charge in [-0.1, -0.05) is 12.1 Å². The van der Waals surface area contributed by atoms with Crippen molar-refractivity contribution >= 4 is 43.7 Å². The number of aryl methyl sites for hydroxylation is 1. The van der Waals surface area contributed by atoms with Gasteiger partial charge in [-0.05, 0) is 36.8 Å². The smallest absolute Gasteiger partial charge is 0.277 e. The number of benzene rings is 1. The molecule has 0 aliphatic heterocycles. The fourth-order valence-electron chi connectivity index (χ4n) is 2.85. The molecule has 8 nitrogen and oxygen atoms in total. The first kappa shape index (κ1) is 20.0. The lowest BCUT2D eigenvalue weighted by atomic mass is 10.1. The second kappa shape index (κ2) is 7.54. The first-order chi connectivity index (χ1) is 14.2. The minimum Gasteiger partial charge on any atom is -0.306 e. The Morgan fingerprint density at radius 1 is 1.17 bits per heavy atom. The number of carbonyl (C=O) groups is 1. The van der Waals surface area contributed by atoms with E-state index >= 15 is 0 Å². The molecule has 0 saturated carbocycles. The van der Waals surface area contributed by atoms with Gasteiger partial charge in [0.2, 0.25) is 10.0 Å². The molecule has 1 N–H and O–H groups in total. The van der Waals surface area contributed by atoms with Gasteiger partial charge in [0.15, 0.2) is 5.13 Å². The number of pyridine rings is 1. The minimum absolute atomic E-state index is 0.311. The van der Waals surface area contributed by atoms with E-state index in [0.29, 0.717) is 27.9 Å². The van der Waals surface area contributed by atoms with Gasteiger partial charge in [0.25, 0.3) is 5.91 Å². The van der Waals surface area contributed by atoms with Crippen molar-refractivity contribution in [2.24, 2.45) is 0 Å². The summed E-state index contributed by atoms with van der Waals surface area (Å²) in [6, 6.07) is 10.9. The molecule has 4 aromatic rings. The molecule has 1 aromatic carbocycles. The third-order valence-electron chi connectivity index (χ3n) is 4.60. The molecule has 0 fully saturated rings. The summed E-state index contributed by atoms with van der Waals surface area (Å²) < 4.78 is 26.3. The molecule has 0 aliphatic carbocycles. The molecular formula is C20H19N5O3S2. The number of hydrogen-bond donors (Lipinski definition) is 1. The van der Waals surface area contributed by atoms with Gasteiger partial charge >= 0.3 is 0 Å². The van der Waals surface area contributed by atoms with E-state index in [0.717, 1.165) is 17.4 Å². The SMILES string of the molecule is Cc1ccn2cc(C(=O)Nc3nc(-c4ccc(N(C)S(C)(=O)=O)cc4)cs3)nc2c1. The van der Waals surface area contributed by atoms with Crippen LogP contribution < -0.4 is 9.62 Å². The maximum Gasteiger partial charge on any atom is 0.277 e. The van der Waals surface area contributed by atoms with Crippen molar-refractivity contribution in [1.29, 1.82) is 0 Å². The van der Waals surface area contributed by atoms with Crippen LogP contribution in [0.25, 0.3) is 16.9 Å². The van der Waals surface area contributed by atoms with E-state index in [1.54, 1.807) is 34.9 Å². The Morgan fingerprint density at radius 3 is 2.60 bits per heavy atom. The van der Waals surface area contributed by atoms with Crippen LogP contribution in [-0.2, 0) is 10.0 Å². The maximum absolute atomic E-state index is 12.5. The van der Waals surface area contributed by atoms with Crippen LogP contribution in [0, 0.1) is 6.92 Å². The van der Waals surface area contributed by atoms with Crippen LogP contribution in [0.5, 0.6) is 0 Å². The zero-order chi connectivity index (χ0) is 21.5. The highest BCUT2D eigenvalue weighted by Gasteiger charge is 2.15. The lowest BCUT2D eigenvalue weighted by molar-refractivity contribution is 0.102. The molecular weight excluding hydrogens is 422 g/mol. The lowest BCUT2D eigenvalue weighted by Crippen LogP contribution is -2.24. The van der Waals surface area contributed by atoms with Gasteiger partial charge in [0.05, 0.1) is 17.6 Å². The predicted molar refractivity (Wildman–Crippen MR) is 119 cm³/mol. The van der Waals surface area contributed by atoms with E-state index in [1.807, 2.05) is 30.6 Å². The van der Waals surface area contributed by atoms with E-state index in [4.69, 9.17) is 0 Å². The average Bonchev–Trinajstić information content (AvgIpc) is 3.33. The monoisotopic (exact) mass is 441 g/mol. The molecule has 1 amide bonds. The predicted octanol–water partition coefficient (Wildman–Crippen LogP) is 3.41. The molecule has 0 bridgehead atoms. The van der Waals surface area contributed by atoms with Crippen molar-refractivity contribution in [2.75, 3.05) is 22.9 Å². The Hall–Kier alpha value is -3.24. The first-order valence-corrected chi connectivity index (χ1v) is 11.7. The highest BCUT2D eigenvalue weighted by atomic mass is 32.2. The number of thiazole rings is 1. The topological polar surface area (TPSA) is 96.7 Å². The summed E-state index contributed by atoms with van der Waals surface area (Å²) in [6.45, 7) is 1.97. The van der Waals surface area contributed by atoms with Crippen LogP contribution >= 0.6 is 11.3 Å². The normalized spacial score (nSPS) is 11.6. The average molecular weight is 442 g/mol. The summed E-state index contributed by atoms with van der Waals surface area (Å²) in [5.41, 5.74) is 4.16. The van der Waals surface area contributed by atoms with Crippen LogP contribution in [0.15, 0.2) is 54.2 Å². The van der Waals surface area contributed by atoms with Crippen molar-refractivity contribution < 1.29 is 13.2 Å². The van der Waals surface area contributed by atoms with Crippen LogP contribution in [0.3, 0.4) is 0 Å². The highest BCUT2D eigenvalue weighted by molar-refractivity contribution is 7.92. The fourth-order valence-corrected chi connectivity index (χ4v) is 4.07. The maximum atomic E-state index is 12.5. The van der Waals surface area contributed by atoms with Gasteiger partial charge in [0.1, 0.15) is 11.3 Å². The molecule has 154 valence electrons. The number of nitrogens with zero attached hydrogens (tertiary/aromatic N) is 4. The summed E-state index contributed by atoms with van der Waals surface area (Å²) >= 11 is 1.31. The molecule has 30 heavy (non-hydrogen) atoms. The Morgan fingerprint density at radius 2 is 1.90 bits per heavy atom. The molecule has 0 spiro atoms. The zero-order valence-electron chi connectivity index (χ0n) is 16.5. The number of amides is 1. The van der Waals surface area contributed by atoms with Crippen LogP contribution in [-0.4, -0.2) is 42.0 Å². The number of aromatic nitrogens is 3. The summed E-state index contributed by atoms with van der Waals surface area (Å²) in [6.07, 6.45) is 4.69. The van der Waals surface area contributed by atoms with Crippen molar-refractivity contribution in [3.05, 3.63) is 65.4 Å². The summed E-state index contributed by atoms with van der Waals surface area (Å²) in [4.78, 5) is 21.4. The Balaban J connectivity index is 1.50. The van der Waals surface area contributed by atoms with E-state index in [9.17, 15) is 13.2 Å². The third-order valence-corrected chi connectivity index (χ3v) is 6.56. The molecule has 4 rings (SSSR count). The van der Waals surface area contributed by atoms with Crippen molar-refractivity contribution in [3.8, 4) is 11.3 Å². The van der Waals surface area contributed by atoms with Crippen molar-refractivity contribution in [2.45, 2.75) is 6.92 Å². The van der Waals surface area contributed by atoms with Gasteiger partial charge in [-0.15, -0.1) is 11.3 Å². The van der Waals surface area contributed by atoms with Gasteiger partial charge in [0, 0.05) is 30.4 Å². The molecule has 3 heterocycles. The number of sulfonamides is 1. The Labute approximate surface area is 177 Å². The van der Waals surface area contributed by atoms with E-state index in [2.05, 4.69) is 15.3 Å². The Kier molecular flexibility index (Phi) is 5.04.